The van der Waals surface area contributed by atoms with E-state index in [9.17, 15) is 12.8 Å². The van der Waals surface area contributed by atoms with Crippen molar-refractivity contribution in [2.45, 2.75) is 37.1 Å². The highest BCUT2D eigenvalue weighted by atomic mass is 32.2. The molecule has 4 nitrogen and oxygen atoms in total. The van der Waals surface area contributed by atoms with E-state index < -0.39 is 15.4 Å². The third-order valence-corrected chi connectivity index (χ3v) is 8.62. The van der Waals surface area contributed by atoms with Gasteiger partial charge in [-0.05, 0) is 59.9 Å². The molecular formula is C25H25FN2O2S. The molecule has 0 aliphatic carbocycles. The fourth-order valence-corrected chi connectivity index (χ4v) is 6.52. The van der Waals surface area contributed by atoms with Crippen LogP contribution in [0, 0.1) is 18.7 Å². The minimum atomic E-state index is -3.75. The molecule has 0 unspecified atom stereocenters. The fraction of sp³-hybridized carbons (Fsp3) is 0.280. The Labute approximate surface area is 182 Å². The van der Waals surface area contributed by atoms with Crippen LogP contribution in [0.2, 0.25) is 0 Å². The van der Waals surface area contributed by atoms with E-state index in [0.29, 0.717) is 12.2 Å². The molecule has 0 bridgehead atoms. The van der Waals surface area contributed by atoms with Crippen molar-refractivity contribution < 1.29 is 12.8 Å². The molecule has 0 saturated heterocycles. The number of nitrogens with zero attached hydrogens (tertiary/aromatic N) is 1. The molecule has 3 aromatic rings. The number of sulfonamides is 1. The average molecular weight is 437 g/mol. The Morgan fingerprint density at radius 1 is 1.03 bits per heavy atom. The lowest BCUT2D eigenvalue weighted by atomic mass is 9.64. The topological polar surface area (TPSA) is 49.4 Å². The first-order chi connectivity index (χ1) is 14.7. The Bertz CT molecular complexity index is 1270. The highest BCUT2D eigenvalue weighted by Crippen LogP contribution is 2.53. The van der Waals surface area contributed by atoms with Crippen LogP contribution in [0.5, 0.6) is 0 Å². The molecule has 0 fully saturated rings. The zero-order chi connectivity index (χ0) is 22.0. The van der Waals surface area contributed by atoms with Gasteiger partial charge in [0, 0.05) is 18.2 Å². The van der Waals surface area contributed by atoms with Crippen LogP contribution < -0.4 is 9.62 Å². The van der Waals surface area contributed by atoms with Gasteiger partial charge in [-0.3, -0.25) is 4.31 Å². The van der Waals surface area contributed by atoms with E-state index in [2.05, 4.69) is 19.2 Å². The Hall–Kier alpha value is -2.86. The van der Waals surface area contributed by atoms with Crippen LogP contribution in [0.15, 0.2) is 71.6 Å². The molecule has 2 atom stereocenters. The van der Waals surface area contributed by atoms with Gasteiger partial charge in [0.05, 0.1) is 16.6 Å². The molecular weight excluding hydrogens is 411 g/mol. The van der Waals surface area contributed by atoms with Gasteiger partial charge >= 0.3 is 0 Å². The van der Waals surface area contributed by atoms with Gasteiger partial charge in [0.15, 0.2) is 0 Å². The molecule has 31 heavy (non-hydrogen) atoms. The van der Waals surface area contributed by atoms with Gasteiger partial charge in [-0.1, -0.05) is 49.7 Å². The standard InChI is InChI=1S/C25H25FN2O2S/c1-16-8-11-18(12-9-16)31(29,30)28-15-21-24(19-6-4-5-7-23(19)28)27-22-13-10-17(26)14-20(22)25(21,2)3/h4-14,21,24,27H,15H2,1-3H3/t21-,24-/m1/s1. The van der Waals surface area contributed by atoms with Crippen molar-refractivity contribution in [2.75, 3.05) is 16.2 Å². The lowest BCUT2D eigenvalue weighted by molar-refractivity contribution is 0.268. The summed E-state index contributed by atoms with van der Waals surface area (Å²) in [7, 11) is -3.75. The van der Waals surface area contributed by atoms with Crippen molar-refractivity contribution in [3.63, 3.8) is 0 Å². The third kappa shape index (κ3) is 3.04. The summed E-state index contributed by atoms with van der Waals surface area (Å²) >= 11 is 0. The van der Waals surface area contributed by atoms with E-state index in [4.69, 9.17) is 0 Å². The van der Waals surface area contributed by atoms with Crippen LogP contribution in [-0.2, 0) is 15.4 Å². The second-order valence-electron chi connectivity index (χ2n) is 9.05. The SMILES string of the molecule is Cc1ccc(S(=O)(=O)N2C[C@@H]3[C@H](Nc4ccc(F)cc4C3(C)C)c3ccccc32)cc1. The van der Waals surface area contributed by atoms with Crippen LogP contribution >= 0.6 is 0 Å². The van der Waals surface area contributed by atoms with Gasteiger partial charge in [0.1, 0.15) is 5.82 Å². The number of nitrogens with one attached hydrogen (secondary N) is 1. The lowest BCUT2D eigenvalue weighted by Gasteiger charge is -2.51. The van der Waals surface area contributed by atoms with Crippen molar-refractivity contribution in [3.8, 4) is 0 Å². The number of hydrogen-bond donors (Lipinski definition) is 1. The molecule has 5 rings (SSSR count). The van der Waals surface area contributed by atoms with Crippen LogP contribution in [0.1, 0.15) is 36.6 Å². The number of benzene rings is 3. The zero-order valence-electron chi connectivity index (χ0n) is 17.8. The Balaban J connectivity index is 1.67. The maximum atomic E-state index is 14.1. The van der Waals surface area contributed by atoms with E-state index >= 15 is 0 Å². The van der Waals surface area contributed by atoms with Crippen molar-refractivity contribution in [3.05, 3.63) is 89.2 Å². The summed E-state index contributed by atoms with van der Waals surface area (Å²) in [5.74, 6) is -0.357. The number of hydrogen-bond acceptors (Lipinski definition) is 3. The summed E-state index contributed by atoms with van der Waals surface area (Å²) in [4.78, 5) is 0.277. The Kier molecular flexibility index (Phi) is 4.42. The molecule has 2 aliphatic rings. The van der Waals surface area contributed by atoms with Crippen molar-refractivity contribution in [1.82, 2.24) is 0 Å². The molecule has 0 radical (unpaired) electrons. The van der Waals surface area contributed by atoms with E-state index in [1.165, 1.54) is 10.4 Å². The number of fused-ring (bicyclic) bond motifs is 4. The van der Waals surface area contributed by atoms with E-state index in [1.807, 2.05) is 43.3 Å². The molecule has 160 valence electrons. The second-order valence-corrected chi connectivity index (χ2v) is 10.9. The first kappa shape index (κ1) is 20.1. The van der Waals surface area contributed by atoms with Gasteiger partial charge in [-0.25, -0.2) is 12.8 Å². The fourth-order valence-electron chi connectivity index (χ4n) is 5.01. The van der Waals surface area contributed by atoms with E-state index in [0.717, 1.165) is 22.4 Å². The number of halogens is 1. The van der Waals surface area contributed by atoms with Crippen LogP contribution in [-0.4, -0.2) is 15.0 Å². The molecule has 0 spiro atoms. The molecule has 2 aliphatic heterocycles. The summed E-state index contributed by atoms with van der Waals surface area (Å²) in [5, 5.41) is 3.57. The van der Waals surface area contributed by atoms with Gasteiger partial charge in [0.25, 0.3) is 10.0 Å². The third-order valence-electron chi connectivity index (χ3n) is 6.83. The van der Waals surface area contributed by atoms with Crippen molar-refractivity contribution in [1.29, 1.82) is 0 Å². The smallest absolute Gasteiger partial charge is 0.264 e. The maximum Gasteiger partial charge on any atom is 0.264 e. The molecule has 3 aromatic carbocycles. The highest BCUT2D eigenvalue weighted by molar-refractivity contribution is 7.92. The summed E-state index contributed by atoms with van der Waals surface area (Å²) in [6, 6.07) is 19.4. The summed E-state index contributed by atoms with van der Waals surface area (Å²) in [6.07, 6.45) is 0. The number of anilines is 2. The van der Waals surface area contributed by atoms with Crippen molar-refractivity contribution >= 4 is 21.4 Å². The van der Waals surface area contributed by atoms with Crippen LogP contribution in [0.3, 0.4) is 0 Å². The Morgan fingerprint density at radius 3 is 2.48 bits per heavy atom. The average Bonchev–Trinajstić information content (AvgIpc) is 2.74. The first-order valence-electron chi connectivity index (χ1n) is 10.4. The first-order valence-corrected chi connectivity index (χ1v) is 11.9. The molecule has 0 saturated carbocycles. The normalized spacial score (nSPS) is 21.5. The summed E-state index contributed by atoms with van der Waals surface area (Å²) in [5.41, 5.74) is 3.99. The monoisotopic (exact) mass is 436 g/mol. The second kappa shape index (κ2) is 6.82. The minimum Gasteiger partial charge on any atom is -0.378 e. The highest BCUT2D eigenvalue weighted by Gasteiger charge is 2.49. The largest absolute Gasteiger partial charge is 0.378 e. The minimum absolute atomic E-state index is 0.0615. The molecule has 0 aromatic heterocycles. The maximum absolute atomic E-state index is 14.1. The zero-order valence-corrected chi connectivity index (χ0v) is 18.6. The Morgan fingerprint density at radius 2 is 1.74 bits per heavy atom. The molecule has 2 heterocycles. The van der Waals surface area contributed by atoms with Gasteiger partial charge in [-0.2, -0.15) is 0 Å². The number of para-hydroxylation sites is 1. The predicted octanol–water partition coefficient (Wildman–Crippen LogP) is 5.40. The summed E-state index contributed by atoms with van der Waals surface area (Å²) in [6.45, 7) is 6.40. The predicted molar refractivity (Wildman–Crippen MR) is 121 cm³/mol. The molecule has 6 heteroatoms. The number of rotatable bonds is 2. The van der Waals surface area contributed by atoms with E-state index in [1.54, 1.807) is 24.3 Å². The van der Waals surface area contributed by atoms with Gasteiger partial charge in [0.2, 0.25) is 0 Å². The summed E-state index contributed by atoms with van der Waals surface area (Å²) < 4.78 is 43.0. The van der Waals surface area contributed by atoms with E-state index in [-0.39, 0.29) is 22.7 Å². The molecule has 1 N–H and O–H groups in total. The van der Waals surface area contributed by atoms with Gasteiger partial charge in [-0.15, -0.1) is 0 Å². The lowest BCUT2D eigenvalue weighted by Crippen LogP contribution is -2.52. The quantitative estimate of drug-likeness (QED) is 0.585. The molecule has 0 amide bonds. The van der Waals surface area contributed by atoms with Gasteiger partial charge < -0.3 is 5.32 Å². The van der Waals surface area contributed by atoms with Crippen LogP contribution in [0.25, 0.3) is 0 Å². The number of aryl methyl sites for hydroxylation is 1. The van der Waals surface area contributed by atoms with Crippen LogP contribution in [0.4, 0.5) is 15.8 Å². The van der Waals surface area contributed by atoms with Crippen molar-refractivity contribution in [2.24, 2.45) is 5.92 Å².